The lowest BCUT2D eigenvalue weighted by Gasteiger charge is -2.37. The van der Waals surface area contributed by atoms with Crippen molar-refractivity contribution in [3.8, 4) is 0 Å². The Morgan fingerprint density at radius 1 is 1.06 bits per heavy atom. The lowest BCUT2D eigenvalue weighted by Crippen LogP contribution is -2.64. The second-order valence-corrected chi connectivity index (χ2v) is 8.61. The van der Waals surface area contributed by atoms with Crippen molar-refractivity contribution in [3.63, 3.8) is 0 Å². The number of hydrogen-bond donors (Lipinski definition) is 5. The number of carbonyl (C=O) groups excluding carboxylic acids is 3. The minimum absolute atomic E-state index is 0.0236. The highest BCUT2D eigenvalue weighted by Crippen LogP contribution is 2.34. The first kappa shape index (κ1) is 27.3. The highest BCUT2D eigenvalue weighted by atomic mass is 16.5. The Labute approximate surface area is 205 Å². The Morgan fingerprint density at radius 3 is 2.20 bits per heavy atom. The topological polar surface area (TPSA) is 160 Å². The van der Waals surface area contributed by atoms with Crippen molar-refractivity contribution in [2.75, 3.05) is 30.3 Å². The molecule has 0 saturated heterocycles. The molecule has 0 aliphatic rings. The first-order chi connectivity index (χ1) is 16.4. The number of esters is 1. The van der Waals surface area contributed by atoms with Crippen molar-refractivity contribution in [2.45, 2.75) is 40.7 Å². The van der Waals surface area contributed by atoms with E-state index >= 15 is 0 Å². The number of urea groups is 1. The van der Waals surface area contributed by atoms with Gasteiger partial charge in [0.15, 0.2) is 6.54 Å². The van der Waals surface area contributed by atoms with Gasteiger partial charge in [0.25, 0.3) is 0 Å². The lowest BCUT2D eigenvalue weighted by atomic mass is 10.0. The van der Waals surface area contributed by atoms with Gasteiger partial charge in [-0.05, 0) is 70.5 Å². The highest BCUT2D eigenvalue weighted by molar-refractivity contribution is 5.97. The van der Waals surface area contributed by atoms with Crippen molar-refractivity contribution >= 4 is 40.8 Å². The number of amides is 3. The van der Waals surface area contributed by atoms with Crippen LogP contribution in [-0.4, -0.2) is 49.5 Å². The third kappa shape index (κ3) is 6.36. The molecule has 0 aromatic heterocycles. The van der Waals surface area contributed by atoms with E-state index in [1.807, 2.05) is 27.7 Å². The van der Waals surface area contributed by atoms with Crippen LogP contribution >= 0.6 is 0 Å². The van der Waals surface area contributed by atoms with E-state index in [1.54, 1.807) is 43.3 Å². The van der Waals surface area contributed by atoms with E-state index < -0.39 is 16.5 Å². The number of hydrogen-bond acceptors (Lipinski definition) is 6. The van der Waals surface area contributed by atoms with Crippen LogP contribution in [0.2, 0.25) is 0 Å². The average Bonchev–Trinajstić information content (AvgIpc) is 2.78. The van der Waals surface area contributed by atoms with Crippen LogP contribution in [0, 0.1) is 19.3 Å². The van der Waals surface area contributed by atoms with Crippen LogP contribution in [0.25, 0.3) is 0 Å². The van der Waals surface area contributed by atoms with E-state index in [1.165, 1.54) is 0 Å². The van der Waals surface area contributed by atoms with Crippen LogP contribution in [0.15, 0.2) is 36.4 Å². The Kier molecular flexibility index (Phi) is 8.96. The SMILES string of the molecule is CCOC(=O)C[N+](C(N)=O)(c1cc(C)c(NC(=O)CNc2ccc(C(=N)N)cc2)cc1C)C(C)C. The van der Waals surface area contributed by atoms with Gasteiger partial charge >= 0.3 is 12.0 Å². The number of nitrogens with one attached hydrogen (secondary N) is 3. The fourth-order valence-corrected chi connectivity index (χ4v) is 3.92. The van der Waals surface area contributed by atoms with Gasteiger partial charge in [-0.1, -0.05) is 0 Å². The van der Waals surface area contributed by atoms with Gasteiger partial charge in [-0.25, -0.2) is 9.59 Å². The number of quaternary nitrogens is 1. The summed E-state index contributed by atoms with van der Waals surface area (Å²) in [7, 11) is 0. The van der Waals surface area contributed by atoms with Crippen LogP contribution in [0.1, 0.15) is 37.5 Å². The number of primary amides is 1. The van der Waals surface area contributed by atoms with Gasteiger partial charge < -0.3 is 26.8 Å². The summed E-state index contributed by atoms with van der Waals surface area (Å²) in [5.41, 5.74) is 15.2. The number of carbonyl (C=O) groups is 3. The number of nitrogens with two attached hydrogens (primary N) is 2. The zero-order valence-corrected chi connectivity index (χ0v) is 20.9. The van der Waals surface area contributed by atoms with Gasteiger partial charge in [0, 0.05) is 28.6 Å². The Morgan fingerprint density at radius 2 is 1.69 bits per heavy atom. The summed E-state index contributed by atoms with van der Waals surface area (Å²) in [6.45, 7) is 8.97. The maximum atomic E-state index is 12.7. The number of nitrogens with zero attached hydrogens (tertiary/aromatic N) is 1. The summed E-state index contributed by atoms with van der Waals surface area (Å²) >= 11 is 0. The predicted molar refractivity (Wildman–Crippen MR) is 139 cm³/mol. The van der Waals surface area contributed by atoms with Crippen molar-refractivity contribution < 1.29 is 19.1 Å². The van der Waals surface area contributed by atoms with Gasteiger partial charge in [-0.3, -0.25) is 10.2 Å². The van der Waals surface area contributed by atoms with Crippen molar-refractivity contribution in [2.24, 2.45) is 11.5 Å². The summed E-state index contributed by atoms with van der Waals surface area (Å²) in [4.78, 5) is 37.6. The number of aryl methyl sites for hydroxylation is 2. The van der Waals surface area contributed by atoms with Gasteiger partial charge in [0.05, 0.1) is 19.2 Å². The molecule has 2 aromatic carbocycles. The molecule has 0 spiro atoms. The Hall–Kier alpha value is -3.92. The molecule has 0 heterocycles. The highest BCUT2D eigenvalue weighted by Gasteiger charge is 2.45. The van der Waals surface area contributed by atoms with Crippen LogP contribution in [0.4, 0.5) is 21.9 Å². The van der Waals surface area contributed by atoms with E-state index in [2.05, 4.69) is 10.6 Å². The molecule has 0 fully saturated rings. The molecule has 1 unspecified atom stereocenters. The lowest BCUT2D eigenvalue weighted by molar-refractivity contribution is -0.143. The van der Waals surface area contributed by atoms with Gasteiger partial charge in [0.2, 0.25) is 5.91 Å². The molecule has 188 valence electrons. The van der Waals surface area contributed by atoms with Crippen LogP contribution in [-0.2, 0) is 14.3 Å². The molecule has 10 nitrogen and oxygen atoms in total. The molecular weight excluding hydrogens is 448 g/mol. The first-order valence-corrected chi connectivity index (χ1v) is 11.4. The predicted octanol–water partition coefficient (Wildman–Crippen LogP) is 3.00. The third-order valence-electron chi connectivity index (χ3n) is 5.85. The zero-order valence-electron chi connectivity index (χ0n) is 20.9. The first-order valence-electron chi connectivity index (χ1n) is 11.4. The molecule has 35 heavy (non-hydrogen) atoms. The summed E-state index contributed by atoms with van der Waals surface area (Å²) in [5.74, 6) is -0.805. The van der Waals surface area contributed by atoms with Crippen LogP contribution in [0.5, 0.6) is 0 Å². The maximum absolute atomic E-state index is 12.7. The van der Waals surface area contributed by atoms with Crippen molar-refractivity contribution in [1.82, 2.24) is 4.48 Å². The smallest absolute Gasteiger partial charge is 0.419 e. The molecule has 2 aromatic rings. The summed E-state index contributed by atoms with van der Waals surface area (Å²) < 4.78 is 4.71. The number of nitrogen functional groups attached to an aromatic ring is 1. The Bertz CT molecular complexity index is 1110. The van der Waals surface area contributed by atoms with Gasteiger partial charge in [-0.15, -0.1) is 0 Å². The fourth-order valence-electron chi connectivity index (χ4n) is 3.92. The molecule has 3 amide bonds. The van der Waals surface area contributed by atoms with E-state index in [0.29, 0.717) is 28.2 Å². The molecule has 7 N–H and O–H groups in total. The van der Waals surface area contributed by atoms with E-state index in [-0.39, 0.29) is 37.5 Å². The monoisotopic (exact) mass is 483 g/mol. The minimum Gasteiger partial charge on any atom is -0.462 e. The number of anilines is 2. The number of benzene rings is 2. The molecule has 0 bridgehead atoms. The minimum atomic E-state index is -0.660. The number of rotatable bonds is 10. The molecule has 0 aliphatic heterocycles. The number of ether oxygens (including phenoxy) is 1. The summed E-state index contributed by atoms with van der Waals surface area (Å²) in [6, 6.07) is 9.44. The van der Waals surface area contributed by atoms with E-state index in [9.17, 15) is 14.4 Å². The molecule has 0 saturated carbocycles. The molecule has 10 heteroatoms. The molecule has 0 aliphatic carbocycles. The summed E-state index contributed by atoms with van der Waals surface area (Å²) in [6.07, 6.45) is 0. The van der Waals surface area contributed by atoms with Crippen LogP contribution < -0.4 is 26.6 Å². The van der Waals surface area contributed by atoms with E-state index in [0.717, 1.165) is 5.56 Å². The van der Waals surface area contributed by atoms with Crippen molar-refractivity contribution in [1.29, 1.82) is 5.41 Å². The van der Waals surface area contributed by atoms with E-state index in [4.69, 9.17) is 21.6 Å². The molecule has 1 atom stereocenters. The molecule has 2 rings (SSSR count). The normalized spacial score (nSPS) is 12.5. The largest absolute Gasteiger partial charge is 0.462 e. The molecule has 0 radical (unpaired) electrons. The second kappa shape index (κ2) is 11.5. The zero-order chi connectivity index (χ0) is 26.3. The van der Waals surface area contributed by atoms with Crippen LogP contribution in [0.3, 0.4) is 0 Å². The summed E-state index contributed by atoms with van der Waals surface area (Å²) in [5, 5.41) is 13.3. The molecular formula is C25H35N6O4+. The Balaban J connectivity index is 2.25. The van der Waals surface area contributed by atoms with Crippen molar-refractivity contribution in [3.05, 3.63) is 53.1 Å². The fraction of sp³-hybridized carbons (Fsp3) is 0.360. The third-order valence-corrected chi connectivity index (χ3v) is 5.85. The van der Waals surface area contributed by atoms with Gasteiger partial charge in [-0.2, -0.15) is 4.48 Å². The average molecular weight is 484 g/mol. The number of amidine groups is 1. The maximum Gasteiger partial charge on any atom is 0.419 e. The quantitative estimate of drug-likeness (QED) is 0.151. The second-order valence-electron chi connectivity index (χ2n) is 8.61. The standard InChI is InChI=1S/C25H34N6O4/c1-6-35-23(33)14-31(15(2)3,25(28)34)21-12-16(4)20(11-17(21)5)30-22(32)13-29-19-9-7-18(8-10-19)24(26)27/h7-12,15H,6,13-14H2,1-5H3,(H6-,26,27,28,29,30,32,34)/p+1. The van der Waals surface area contributed by atoms with Gasteiger partial charge in [0.1, 0.15) is 11.5 Å².